The van der Waals surface area contributed by atoms with E-state index in [1.807, 2.05) is 12.1 Å². The van der Waals surface area contributed by atoms with Crippen LogP contribution in [0, 0.1) is 5.92 Å². The number of benzene rings is 1. The summed E-state index contributed by atoms with van der Waals surface area (Å²) < 4.78 is 5.41. The molecule has 5 heteroatoms. The molecule has 1 heterocycles. The Kier molecular flexibility index (Phi) is 5.52. The first-order chi connectivity index (χ1) is 9.76. The molecule has 110 valence electrons. The van der Waals surface area contributed by atoms with Crippen molar-refractivity contribution in [2.24, 2.45) is 5.92 Å². The van der Waals surface area contributed by atoms with E-state index in [1.165, 1.54) is 0 Å². The topological polar surface area (TPSA) is 70.6 Å². The number of aliphatic hydroxyl groups excluding tert-OH is 1. The third-order valence-electron chi connectivity index (χ3n) is 3.52. The summed E-state index contributed by atoms with van der Waals surface area (Å²) >= 11 is 0. The molecule has 1 amide bonds. The van der Waals surface area contributed by atoms with Crippen LogP contribution in [0.5, 0.6) is 0 Å². The van der Waals surface area contributed by atoms with Gasteiger partial charge in [-0.05, 0) is 19.0 Å². The highest BCUT2D eigenvalue weighted by Gasteiger charge is 2.33. The molecule has 1 aromatic rings. The minimum Gasteiger partial charge on any atom is -0.392 e. The third-order valence-corrected chi connectivity index (χ3v) is 3.52. The average molecular weight is 278 g/mol. The number of carbonyl (C=O) groups excluding carboxylic acids is 1. The van der Waals surface area contributed by atoms with E-state index in [0.717, 1.165) is 18.5 Å². The van der Waals surface area contributed by atoms with Crippen LogP contribution in [0.4, 0.5) is 5.69 Å². The molecule has 2 rings (SSSR count). The number of aliphatic hydroxyl groups is 1. The summed E-state index contributed by atoms with van der Waals surface area (Å²) in [6.45, 7) is 3.89. The van der Waals surface area contributed by atoms with Crippen LogP contribution in [0.3, 0.4) is 0 Å². The lowest BCUT2D eigenvalue weighted by atomic mass is 10.0. The van der Waals surface area contributed by atoms with Crippen molar-refractivity contribution >= 4 is 11.6 Å². The Balaban J connectivity index is 2.00. The van der Waals surface area contributed by atoms with E-state index in [2.05, 4.69) is 17.6 Å². The number of para-hydroxylation sites is 1. The number of hydrogen-bond donors (Lipinski definition) is 3. The van der Waals surface area contributed by atoms with Crippen molar-refractivity contribution in [3.8, 4) is 0 Å². The molecule has 2 unspecified atom stereocenters. The highest BCUT2D eigenvalue weighted by atomic mass is 16.5. The van der Waals surface area contributed by atoms with Gasteiger partial charge in [-0.2, -0.15) is 0 Å². The number of rotatable bonds is 6. The van der Waals surface area contributed by atoms with Gasteiger partial charge in [0.15, 0.2) is 0 Å². The smallest absolute Gasteiger partial charge is 0.231 e. The predicted octanol–water partition coefficient (Wildman–Crippen LogP) is 1.13. The molecule has 2 atom stereocenters. The number of carbonyl (C=O) groups is 1. The van der Waals surface area contributed by atoms with Crippen LogP contribution < -0.4 is 10.6 Å². The molecule has 1 aromatic carbocycles. The summed E-state index contributed by atoms with van der Waals surface area (Å²) in [4.78, 5) is 12.3. The first-order valence-electron chi connectivity index (χ1n) is 7.07. The van der Waals surface area contributed by atoms with E-state index in [0.29, 0.717) is 18.9 Å². The number of hydrogen-bond acceptors (Lipinski definition) is 4. The van der Waals surface area contributed by atoms with Crippen LogP contribution in [0.25, 0.3) is 0 Å². The minimum atomic E-state index is -0.187. The van der Waals surface area contributed by atoms with Crippen LogP contribution in [0.15, 0.2) is 24.3 Å². The monoisotopic (exact) mass is 278 g/mol. The van der Waals surface area contributed by atoms with Gasteiger partial charge in [-0.3, -0.25) is 4.79 Å². The Bertz CT molecular complexity index is 450. The summed E-state index contributed by atoms with van der Waals surface area (Å²) in [6.07, 6.45) is 1.03. The van der Waals surface area contributed by atoms with Gasteiger partial charge < -0.3 is 20.5 Å². The maximum absolute atomic E-state index is 12.3. The van der Waals surface area contributed by atoms with E-state index in [1.54, 1.807) is 12.1 Å². The second-order valence-corrected chi connectivity index (χ2v) is 5.01. The molecule has 0 saturated carbocycles. The molecule has 1 aliphatic heterocycles. The normalized spacial score (nSPS) is 21.9. The zero-order valence-corrected chi connectivity index (χ0v) is 11.8. The largest absolute Gasteiger partial charge is 0.392 e. The van der Waals surface area contributed by atoms with Crippen molar-refractivity contribution in [1.29, 1.82) is 0 Å². The second-order valence-electron chi connectivity index (χ2n) is 5.01. The van der Waals surface area contributed by atoms with E-state index in [-0.39, 0.29) is 24.5 Å². The summed E-state index contributed by atoms with van der Waals surface area (Å²) in [5, 5.41) is 15.5. The van der Waals surface area contributed by atoms with Crippen LogP contribution in [-0.4, -0.2) is 36.8 Å². The molecular weight excluding hydrogens is 256 g/mol. The lowest BCUT2D eigenvalue weighted by molar-refractivity contribution is -0.120. The van der Waals surface area contributed by atoms with E-state index < -0.39 is 0 Å². The first kappa shape index (κ1) is 15.0. The molecule has 5 nitrogen and oxygen atoms in total. The third kappa shape index (κ3) is 3.56. The van der Waals surface area contributed by atoms with E-state index in [9.17, 15) is 9.90 Å². The molecule has 1 aliphatic rings. The number of nitrogens with one attached hydrogen (secondary N) is 2. The van der Waals surface area contributed by atoms with Crippen molar-refractivity contribution in [2.45, 2.75) is 26.0 Å². The Morgan fingerprint density at radius 1 is 1.40 bits per heavy atom. The maximum atomic E-state index is 12.3. The fraction of sp³-hybridized carbons (Fsp3) is 0.533. The molecule has 1 saturated heterocycles. The molecule has 1 fully saturated rings. The highest BCUT2D eigenvalue weighted by molar-refractivity contribution is 5.94. The van der Waals surface area contributed by atoms with Gasteiger partial charge in [0.2, 0.25) is 5.91 Å². The lowest BCUT2D eigenvalue weighted by Crippen LogP contribution is -2.41. The van der Waals surface area contributed by atoms with Gasteiger partial charge in [-0.25, -0.2) is 0 Å². The molecular formula is C15H22N2O3. The SMILES string of the molecule is CCCNC1COCC1C(=O)Nc1ccccc1CO. The number of ether oxygens (including phenoxy) is 1. The zero-order chi connectivity index (χ0) is 14.4. The Hall–Kier alpha value is -1.43. The molecule has 0 bridgehead atoms. The van der Waals surface area contributed by atoms with Crippen LogP contribution in [-0.2, 0) is 16.1 Å². The molecule has 0 aliphatic carbocycles. The Morgan fingerprint density at radius 2 is 2.20 bits per heavy atom. The fourth-order valence-electron chi connectivity index (χ4n) is 2.35. The van der Waals surface area contributed by atoms with Gasteiger partial charge in [-0.15, -0.1) is 0 Å². The maximum Gasteiger partial charge on any atom is 0.231 e. The summed E-state index contributed by atoms with van der Waals surface area (Å²) in [6, 6.07) is 7.34. The predicted molar refractivity (Wildman–Crippen MR) is 77.4 cm³/mol. The first-order valence-corrected chi connectivity index (χ1v) is 7.07. The van der Waals surface area contributed by atoms with Crippen molar-refractivity contribution in [1.82, 2.24) is 5.32 Å². The number of amides is 1. The molecule has 0 spiro atoms. The van der Waals surface area contributed by atoms with Crippen molar-refractivity contribution in [2.75, 3.05) is 25.1 Å². The fourth-order valence-corrected chi connectivity index (χ4v) is 2.35. The van der Waals surface area contributed by atoms with Gasteiger partial charge in [0, 0.05) is 17.3 Å². The van der Waals surface area contributed by atoms with Gasteiger partial charge in [-0.1, -0.05) is 25.1 Å². The summed E-state index contributed by atoms with van der Waals surface area (Å²) in [5.74, 6) is -0.245. The van der Waals surface area contributed by atoms with Crippen molar-refractivity contribution < 1.29 is 14.6 Å². The van der Waals surface area contributed by atoms with Gasteiger partial charge >= 0.3 is 0 Å². The van der Waals surface area contributed by atoms with E-state index in [4.69, 9.17) is 4.74 Å². The number of anilines is 1. The summed E-state index contributed by atoms with van der Waals surface area (Å²) in [7, 11) is 0. The van der Waals surface area contributed by atoms with Gasteiger partial charge in [0.05, 0.1) is 25.7 Å². The Morgan fingerprint density at radius 3 is 2.95 bits per heavy atom. The zero-order valence-electron chi connectivity index (χ0n) is 11.8. The molecule has 20 heavy (non-hydrogen) atoms. The molecule has 0 radical (unpaired) electrons. The lowest BCUT2D eigenvalue weighted by Gasteiger charge is -2.19. The van der Waals surface area contributed by atoms with Crippen LogP contribution >= 0.6 is 0 Å². The van der Waals surface area contributed by atoms with E-state index >= 15 is 0 Å². The quantitative estimate of drug-likeness (QED) is 0.729. The summed E-state index contributed by atoms with van der Waals surface area (Å²) in [5.41, 5.74) is 1.39. The van der Waals surface area contributed by atoms with Crippen molar-refractivity contribution in [3.05, 3.63) is 29.8 Å². The second kappa shape index (κ2) is 7.38. The van der Waals surface area contributed by atoms with Gasteiger partial charge in [0.25, 0.3) is 0 Å². The highest BCUT2D eigenvalue weighted by Crippen LogP contribution is 2.19. The minimum absolute atomic E-state index is 0.0583. The van der Waals surface area contributed by atoms with Crippen LogP contribution in [0.1, 0.15) is 18.9 Å². The molecule has 3 N–H and O–H groups in total. The van der Waals surface area contributed by atoms with Gasteiger partial charge in [0.1, 0.15) is 0 Å². The average Bonchev–Trinajstić information content (AvgIpc) is 2.94. The van der Waals surface area contributed by atoms with Crippen LogP contribution in [0.2, 0.25) is 0 Å². The standard InChI is InChI=1S/C15H22N2O3/c1-2-7-16-14-10-20-9-12(14)15(19)17-13-6-4-3-5-11(13)8-18/h3-6,12,14,16,18H,2,7-10H2,1H3,(H,17,19). The Labute approximate surface area is 119 Å². The van der Waals surface area contributed by atoms with Crippen molar-refractivity contribution in [3.63, 3.8) is 0 Å². The molecule has 0 aromatic heterocycles.